The molecule has 0 aliphatic carbocycles. The van der Waals surface area contributed by atoms with Crippen LogP contribution in [-0.4, -0.2) is 35.7 Å². The highest BCUT2D eigenvalue weighted by Gasteiger charge is 2.06. The summed E-state index contributed by atoms with van der Waals surface area (Å²) in [6, 6.07) is 7.88. The standard InChI is InChI=1S/C15H20N2O2/c1-5-15(19)17(4)11-14-8-6-13(7-9-14)10-16(3)12(2)18/h5-9H,1,10-11H2,2-4H3. The summed E-state index contributed by atoms with van der Waals surface area (Å²) in [6.07, 6.45) is 1.30. The maximum Gasteiger partial charge on any atom is 0.245 e. The topological polar surface area (TPSA) is 40.6 Å². The molecule has 0 atom stereocenters. The van der Waals surface area contributed by atoms with Gasteiger partial charge >= 0.3 is 0 Å². The smallest absolute Gasteiger partial charge is 0.245 e. The van der Waals surface area contributed by atoms with Gasteiger partial charge in [0.15, 0.2) is 0 Å². The van der Waals surface area contributed by atoms with Crippen molar-refractivity contribution >= 4 is 11.8 Å². The molecule has 19 heavy (non-hydrogen) atoms. The Morgan fingerprint density at radius 2 is 1.47 bits per heavy atom. The molecular formula is C15H20N2O2. The first-order chi connectivity index (χ1) is 8.93. The van der Waals surface area contributed by atoms with Crippen LogP contribution >= 0.6 is 0 Å². The first-order valence-corrected chi connectivity index (χ1v) is 6.11. The number of hydrogen-bond acceptors (Lipinski definition) is 2. The zero-order valence-corrected chi connectivity index (χ0v) is 11.7. The van der Waals surface area contributed by atoms with Gasteiger partial charge in [-0.1, -0.05) is 30.8 Å². The molecule has 0 fully saturated rings. The van der Waals surface area contributed by atoms with Crippen LogP contribution in [0.25, 0.3) is 0 Å². The van der Waals surface area contributed by atoms with E-state index < -0.39 is 0 Å². The summed E-state index contributed by atoms with van der Waals surface area (Å²) < 4.78 is 0. The summed E-state index contributed by atoms with van der Waals surface area (Å²) in [4.78, 5) is 25.8. The van der Waals surface area contributed by atoms with Gasteiger partial charge in [0.25, 0.3) is 0 Å². The van der Waals surface area contributed by atoms with E-state index >= 15 is 0 Å². The number of amides is 2. The largest absolute Gasteiger partial charge is 0.342 e. The predicted octanol–water partition coefficient (Wildman–Crippen LogP) is 1.81. The lowest BCUT2D eigenvalue weighted by atomic mass is 10.1. The Balaban J connectivity index is 2.64. The lowest BCUT2D eigenvalue weighted by Crippen LogP contribution is -2.24. The van der Waals surface area contributed by atoms with Gasteiger partial charge in [-0.15, -0.1) is 0 Å². The molecule has 0 saturated carbocycles. The second kappa shape index (κ2) is 6.73. The molecule has 0 aromatic heterocycles. The van der Waals surface area contributed by atoms with Gasteiger partial charge in [0, 0.05) is 34.1 Å². The highest BCUT2D eigenvalue weighted by atomic mass is 16.2. The van der Waals surface area contributed by atoms with Gasteiger partial charge in [-0.25, -0.2) is 0 Å². The fraction of sp³-hybridized carbons (Fsp3) is 0.333. The first kappa shape index (κ1) is 15.0. The van der Waals surface area contributed by atoms with E-state index in [1.165, 1.54) is 6.08 Å². The quantitative estimate of drug-likeness (QED) is 0.758. The fourth-order valence-electron chi connectivity index (χ4n) is 1.64. The van der Waals surface area contributed by atoms with Gasteiger partial charge in [0.05, 0.1) is 0 Å². The van der Waals surface area contributed by atoms with E-state index in [4.69, 9.17) is 0 Å². The van der Waals surface area contributed by atoms with E-state index in [1.54, 1.807) is 30.8 Å². The van der Waals surface area contributed by atoms with Crippen LogP contribution in [0.5, 0.6) is 0 Å². The average Bonchev–Trinajstić information content (AvgIpc) is 2.39. The van der Waals surface area contributed by atoms with Crippen molar-refractivity contribution in [3.63, 3.8) is 0 Å². The Hall–Kier alpha value is -2.10. The second-order valence-corrected chi connectivity index (χ2v) is 4.59. The summed E-state index contributed by atoms with van der Waals surface area (Å²) >= 11 is 0. The van der Waals surface area contributed by atoms with Crippen LogP contribution in [0.1, 0.15) is 18.1 Å². The van der Waals surface area contributed by atoms with Crippen LogP contribution in [0.2, 0.25) is 0 Å². The first-order valence-electron chi connectivity index (χ1n) is 6.11. The molecule has 4 heteroatoms. The Labute approximate surface area is 114 Å². The monoisotopic (exact) mass is 260 g/mol. The van der Waals surface area contributed by atoms with Gasteiger partial charge in [0.2, 0.25) is 11.8 Å². The van der Waals surface area contributed by atoms with E-state index in [-0.39, 0.29) is 11.8 Å². The highest BCUT2D eigenvalue weighted by Crippen LogP contribution is 2.09. The van der Waals surface area contributed by atoms with E-state index in [1.807, 2.05) is 24.3 Å². The number of rotatable bonds is 5. The van der Waals surface area contributed by atoms with Gasteiger partial charge in [-0.3, -0.25) is 9.59 Å². The molecule has 0 aliphatic rings. The summed E-state index contributed by atoms with van der Waals surface area (Å²) in [6.45, 7) is 6.15. The summed E-state index contributed by atoms with van der Waals surface area (Å²) in [7, 11) is 3.51. The SMILES string of the molecule is C=CC(=O)N(C)Cc1ccc(CN(C)C(C)=O)cc1. The normalized spacial score (nSPS) is 9.84. The zero-order chi connectivity index (χ0) is 14.4. The summed E-state index contributed by atoms with van der Waals surface area (Å²) in [5.41, 5.74) is 2.12. The van der Waals surface area contributed by atoms with Crippen molar-refractivity contribution in [3.05, 3.63) is 48.0 Å². The minimum absolute atomic E-state index is 0.0420. The minimum Gasteiger partial charge on any atom is -0.342 e. The number of carbonyl (C=O) groups excluding carboxylic acids is 2. The van der Waals surface area contributed by atoms with Crippen LogP contribution in [-0.2, 0) is 22.7 Å². The predicted molar refractivity (Wildman–Crippen MR) is 75.3 cm³/mol. The van der Waals surface area contributed by atoms with Crippen LogP contribution in [0.4, 0.5) is 0 Å². The molecule has 2 amide bonds. The molecule has 0 unspecified atom stereocenters. The van der Waals surface area contributed by atoms with E-state index in [0.717, 1.165) is 11.1 Å². The summed E-state index contributed by atoms with van der Waals surface area (Å²) in [5.74, 6) is -0.0548. The molecule has 1 aromatic rings. The molecule has 0 saturated heterocycles. The third-order valence-electron chi connectivity index (χ3n) is 2.95. The van der Waals surface area contributed by atoms with E-state index in [9.17, 15) is 9.59 Å². The van der Waals surface area contributed by atoms with E-state index in [2.05, 4.69) is 6.58 Å². The van der Waals surface area contributed by atoms with Crippen LogP contribution in [0, 0.1) is 0 Å². The van der Waals surface area contributed by atoms with Crippen molar-refractivity contribution in [2.24, 2.45) is 0 Å². The van der Waals surface area contributed by atoms with Crippen LogP contribution in [0.15, 0.2) is 36.9 Å². The number of benzene rings is 1. The maximum atomic E-state index is 11.4. The van der Waals surface area contributed by atoms with Crippen molar-refractivity contribution in [2.75, 3.05) is 14.1 Å². The molecule has 102 valence electrons. The van der Waals surface area contributed by atoms with Crippen molar-refractivity contribution < 1.29 is 9.59 Å². The number of carbonyl (C=O) groups is 2. The van der Waals surface area contributed by atoms with Crippen molar-refractivity contribution in [1.82, 2.24) is 9.80 Å². The molecule has 0 bridgehead atoms. The number of nitrogens with zero attached hydrogens (tertiary/aromatic N) is 2. The Morgan fingerprint density at radius 1 is 1.05 bits per heavy atom. The lowest BCUT2D eigenvalue weighted by Gasteiger charge is -2.17. The molecular weight excluding hydrogens is 240 g/mol. The minimum atomic E-state index is -0.0969. The number of hydrogen-bond donors (Lipinski definition) is 0. The fourth-order valence-corrected chi connectivity index (χ4v) is 1.64. The van der Waals surface area contributed by atoms with Gasteiger partial charge < -0.3 is 9.80 Å². The number of likely N-dealkylation sites (N-methyl/N-ethyl adjacent to an activating group) is 1. The maximum absolute atomic E-state index is 11.4. The Morgan fingerprint density at radius 3 is 1.84 bits per heavy atom. The second-order valence-electron chi connectivity index (χ2n) is 4.59. The molecule has 4 nitrogen and oxygen atoms in total. The van der Waals surface area contributed by atoms with Crippen molar-refractivity contribution in [3.8, 4) is 0 Å². The molecule has 0 N–H and O–H groups in total. The van der Waals surface area contributed by atoms with Gasteiger partial charge in [-0.2, -0.15) is 0 Å². The van der Waals surface area contributed by atoms with Crippen molar-refractivity contribution in [2.45, 2.75) is 20.0 Å². The molecule has 0 radical (unpaired) electrons. The van der Waals surface area contributed by atoms with Gasteiger partial charge in [0.1, 0.15) is 0 Å². The van der Waals surface area contributed by atoms with Crippen LogP contribution in [0.3, 0.4) is 0 Å². The molecule has 1 aromatic carbocycles. The van der Waals surface area contributed by atoms with E-state index in [0.29, 0.717) is 13.1 Å². The molecule has 1 rings (SSSR count). The lowest BCUT2D eigenvalue weighted by molar-refractivity contribution is -0.128. The summed E-state index contributed by atoms with van der Waals surface area (Å²) in [5, 5.41) is 0. The third kappa shape index (κ3) is 4.58. The average molecular weight is 260 g/mol. The van der Waals surface area contributed by atoms with Crippen molar-refractivity contribution in [1.29, 1.82) is 0 Å². The Bertz CT molecular complexity index is 466. The zero-order valence-electron chi connectivity index (χ0n) is 11.7. The van der Waals surface area contributed by atoms with Gasteiger partial charge in [-0.05, 0) is 17.2 Å². The highest BCUT2D eigenvalue weighted by molar-refractivity contribution is 5.86. The van der Waals surface area contributed by atoms with Crippen LogP contribution < -0.4 is 0 Å². The molecule has 0 heterocycles. The Kier molecular flexibility index (Phi) is 5.30. The molecule has 0 spiro atoms. The third-order valence-corrected chi connectivity index (χ3v) is 2.95. The molecule has 0 aliphatic heterocycles.